The lowest BCUT2D eigenvalue weighted by Gasteiger charge is -2.36. The van der Waals surface area contributed by atoms with E-state index in [2.05, 4.69) is 39.8 Å². The van der Waals surface area contributed by atoms with Gasteiger partial charge in [-0.15, -0.1) is 0 Å². The minimum Gasteiger partial charge on any atom is -0.368 e. The third-order valence-corrected chi connectivity index (χ3v) is 8.07. The van der Waals surface area contributed by atoms with Crippen LogP contribution in [0.15, 0.2) is 54.6 Å². The van der Waals surface area contributed by atoms with Gasteiger partial charge < -0.3 is 19.3 Å². The molecule has 192 valence electrons. The topological polar surface area (TPSA) is 58.8 Å². The molecule has 0 radical (unpaired) electrons. The molecular formula is C29H33ClN6O. The Kier molecular flexibility index (Phi) is 7.40. The molecule has 0 atom stereocenters. The van der Waals surface area contributed by atoms with Crippen molar-refractivity contribution >= 4 is 28.9 Å². The van der Waals surface area contributed by atoms with E-state index in [1.807, 2.05) is 59.0 Å². The third-order valence-electron chi connectivity index (χ3n) is 7.75. The third kappa shape index (κ3) is 5.18. The number of carbonyl (C=O) groups is 1. The van der Waals surface area contributed by atoms with Crippen LogP contribution in [0.25, 0.3) is 0 Å². The van der Waals surface area contributed by atoms with E-state index in [9.17, 15) is 10.1 Å². The normalized spacial score (nSPS) is 16.6. The second kappa shape index (κ2) is 10.9. The number of piperazine rings is 2. The van der Waals surface area contributed by atoms with Crippen LogP contribution in [-0.4, -0.2) is 72.6 Å². The molecule has 7 nitrogen and oxygen atoms in total. The fourth-order valence-electron chi connectivity index (χ4n) is 5.38. The molecule has 1 amide bonds. The highest BCUT2D eigenvalue weighted by molar-refractivity contribution is 6.33. The monoisotopic (exact) mass is 516 g/mol. The van der Waals surface area contributed by atoms with Crippen LogP contribution in [0.4, 0.5) is 11.4 Å². The molecule has 1 aromatic heterocycles. The molecule has 0 N–H and O–H groups in total. The highest BCUT2D eigenvalue weighted by Gasteiger charge is 2.27. The summed E-state index contributed by atoms with van der Waals surface area (Å²) in [6.45, 7) is 9.42. The zero-order valence-corrected chi connectivity index (χ0v) is 22.3. The van der Waals surface area contributed by atoms with Gasteiger partial charge in [0.15, 0.2) is 0 Å². The van der Waals surface area contributed by atoms with Crippen LogP contribution in [0.2, 0.25) is 5.02 Å². The molecule has 37 heavy (non-hydrogen) atoms. The molecule has 0 aliphatic carbocycles. The van der Waals surface area contributed by atoms with Crippen molar-refractivity contribution in [1.29, 1.82) is 5.26 Å². The first-order valence-electron chi connectivity index (χ1n) is 12.9. The van der Waals surface area contributed by atoms with Crippen LogP contribution in [0.3, 0.4) is 0 Å². The minimum atomic E-state index is 0.0774. The zero-order chi connectivity index (χ0) is 25.9. The Morgan fingerprint density at radius 2 is 1.49 bits per heavy atom. The molecular weight excluding hydrogens is 484 g/mol. The summed E-state index contributed by atoms with van der Waals surface area (Å²) in [5.41, 5.74) is 5.82. The Morgan fingerprint density at radius 1 is 0.892 bits per heavy atom. The number of para-hydroxylation sites is 2. The van der Waals surface area contributed by atoms with Gasteiger partial charge in [-0.1, -0.05) is 35.9 Å². The Morgan fingerprint density at radius 3 is 2.16 bits per heavy atom. The van der Waals surface area contributed by atoms with Crippen LogP contribution in [-0.2, 0) is 13.6 Å². The molecule has 0 spiro atoms. The lowest BCUT2D eigenvalue weighted by Crippen LogP contribution is -2.49. The van der Waals surface area contributed by atoms with E-state index < -0.39 is 0 Å². The SMILES string of the molecule is Cc1c(CN2CCN(c3ccccc3Cl)CC2)cc(C(=O)N2CCN(c3ccccc3C#N)CC2)n1C. The van der Waals surface area contributed by atoms with Crippen LogP contribution in [0, 0.1) is 18.3 Å². The van der Waals surface area contributed by atoms with Crippen molar-refractivity contribution in [1.82, 2.24) is 14.4 Å². The summed E-state index contributed by atoms with van der Waals surface area (Å²) < 4.78 is 2.04. The Hall–Kier alpha value is -3.47. The first kappa shape index (κ1) is 25.2. The summed E-state index contributed by atoms with van der Waals surface area (Å²) in [7, 11) is 1.99. The number of anilines is 2. The van der Waals surface area contributed by atoms with Crippen LogP contribution >= 0.6 is 11.6 Å². The Balaban J connectivity index is 1.20. The number of amides is 1. The lowest BCUT2D eigenvalue weighted by molar-refractivity contribution is 0.0737. The average Bonchev–Trinajstić information content (AvgIpc) is 3.22. The largest absolute Gasteiger partial charge is 0.368 e. The number of hydrogen-bond donors (Lipinski definition) is 0. The van der Waals surface area contributed by atoms with Gasteiger partial charge in [0.25, 0.3) is 5.91 Å². The maximum atomic E-state index is 13.5. The summed E-state index contributed by atoms with van der Waals surface area (Å²) >= 11 is 6.40. The van der Waals surface area contributed by atoms with Crippen molar-refractivity contribution in [3.05, 3.63) is 82.1 Å². The number of rotatable bonds is 5. The second-order valence-corrected chi connectivity index (χ2v) is 10.2. The van der Waals surface area contributed by atoms with Gasteiger partial charge in [0.05, 0.1) is 22.0 Å². The Labute approximate surface area is 224 Å². The van der Waals surface area contributed by atoms with Gasteiger partial charge in [0.2, 0.25) is 0 Å². The van der Waals surface area contributed by atoms with E-state index in [-0.39, 0.29) is 5.91 Å². The number of halogens is 1. The average molecular weight is 517 g/mol. The zero-order valence-electron chi connectivity index (χ0n) is 21.5. The number of hydrogen-bond acceptors (Lipinski definition) is 5. The van der Waals surface area contributed by atoms with Gasteiger partial charge in [-0.3, -0.25) is 9.69 Å². The van der Waals surface area contributed by atoms with E-state index in [1.54, 1.807) is 0 Å². The molecule has 3 heterocycles. The maximum Gasteiger partial charge on any atom is 0.270 e. The summed E-state index contributed by atoms with van der Waals surface area (Å²) in [5.74, 6) is 0.0774. The van der Waals surface area contributed by atoms with Gasteiger partial charge in [-0.05, 0) is 42.8 Å². The molecule has 2 aliphatic heterocycles. The fraction of sp³-hybridized carbons (Fsp3) is 0.379. The van der Waals surface area contributed by atoms with E-state index in [0.717, 1.165) is 73.6 Å². The fourth-order valence-corrected chi connectivity index (χ4v) is 5.64. The number of nitrogens with zero attached hydrogens (tertiary/aromatic N) is 6. The Bertz CT molecular complexity index is 1310. The van der Waals surface area contributed by atoms with Crippen LogP contribution < -0.4 is 9.80 Å². The molecule has 0 bridgehead atoms. The molecule has 2 aliphatic rings. The number of aromatic nitrogens is 1. The van der Waals surface area contributed by atoms with Crippen molar-refractivity contribution in [2.45, 2.75) is 13.5 Å². The first-order valence-corrected chi connectivity index (χ1v) is 13.2. The molecule has 2 aromatic carbocycles. The smallest absolute Gasteiger partial charge is 0.270 e. The van der Waals surface area contributed by atoms with E-state index in [0.29, 0.717) is 18.7 Å². The standard InChI is InChI=1S/C29H33ClN6O/c1-22-24(21-33-11-13-35(14-12-33)27-10-6-4-8-25(27)30)19-28(32(22)2)29(37)36-17-15-34(16-18-36)26-9-5-3-7-23(26)20-31/h3-10,19H,11-18,21H2,1-2H3. The number of carbonyl (C=O) groups excluding carboxylic acids is 1. The molecule has 0 unspecified atom stereocenters. The number of nitriles is 1. The predicted molar refractivity (Wildman–Crippen MR) is 148 cm³/mol. The summed E-state index contributed by atoms with van der Waals surface area (Å²) in [4.78, 5) is 22.4. The van der Waals surface area contributed by atoms with Gasteiger partial charge in [0, 0.05) is 71.6 Å². The quantitative estimate of drug-likeness (QED) is 0.510. The molecule has 5 rings (SSSR count). The van der Waals surface area contributed by atoms with Gasteiger partial charge >= 0.3 is 0 Å². The van der Waals surface area contributed by atoms with Crippen molar-refractivity contribution < 1.29 is 4.79 Å². The number of benzene rings is 2. The van der Waals surface area contributed by atoms with Gasteiger partial charge in [-0.25, -0.2) is 0 Å². The van der Waals surface area contributed by atoms with Crippen molar-refractivity contribution in [3.8, 4) is 6.07 Å². The van der Waals surface area contributed by atoms with Gasteiger partial charge in [-0.2, -0.15) is 5.26 Å². The maximum absolute atomic E-state index is 13.5. The summed E-state index contributed by atoms with van der Waals surface area (Å²) in [5, 5.41) is 10.2. The van der Waals surface area contributed by atoms with E-state index in [1.165, 1.54) is 5.56 Å². The second-order valence-electron chi connectivity index (χ2n) is 9.82. The first-order chi connectivity index (χ1) is 18.0. The molecule has 8 heteroatoms. The van der Waals surface area contributed by atoms with Gasteiger partial charge in [0.1, 0.15) is 11.8 Å². The van der Waals surface area contributed by atoms with Crippen LogP contribution in [0.5, 0.6) is 0 Å². The van der Waals surface area contributed by atoms with Crippen LogP contribution in [0.1, 0.15) is 27.3 Å². The molecule has 0 saturated carbocycles. The predicted octanol–water partition coefficient (Wildman–Crippen LogP) is 4.14. The van der Waals surface area contributed by atoms with Crippen molar-refractivity contribution in [2.24, 2.45) is 7.05 Å². The molecule has 2 fully saturated rings. The highest BCUT2D eigenvalue weighted by atomic mass is 35.5. The van der Waals surface area contributed by atoms with E-state index >= 15 is 0 Å². The summed E-state index contributed by atoms with van der Waals surface area (Å²) in [6.07, 6.45) is 0. The summed E-state index contributed by atoms with van der Waals surface area (Å²) in [6, 6.07) is 20.1. The molecule has 3 aromatic rings. The molecule has 2 saturated heterocycles. The van der Waals surface area contributed by atoms with Crippen molar-refractivity contribution in [3.63, 3.8) is 0 Å². The van der Waals surface area contributed by atoms with E-state index in [4.69, 9.17) is 11.6 Å². The highest BCUT2D eigenvalue weighted by Crippen LogP contribution is 2.27. The minimum absolute atomic E-state index is 0.0774. The lowest BCUT2D eigenvalue weighted by atomic mass is 10.1. The van der Waals surface area contributed by atoms with Crippen molar-refractivity contribution in [2.75, 3.05) is 62.2 Å².